The van der Waals surface area contributed by atoms with Crippen molar-refractivity contribution in [2.45, 2.75) is 26.8 Å². The van der Waals surface area contributed by atoms with Gasteiger partial charge in [-0.1, -0.05) is 25.8 Å². The van der Waals surface area contributed by atoms with Crippen molar-refractivity contribution in [3.8, 4) is 0 Å². The van der Waals surface area contributed by atoms with Gasteiger partial charge in [-0.05, 0) is 4.92 Å². The summed E-state index contributed by atoms with van der Waals surface area (Å²) in [4.78, 5) is 24.7. The third-order valence-corrected chi connectivity index (χ3v) is 2.14. The average molecular weight is 227 g/mol. The van der Waals surface area contributed by atoms with E-state index in [1.807, 2.05) is 0 Å². The molecule has 1 rings (SSSR count). The molecule has 0 saturated carbocycles. The van der Waals surface area contributed by atoms with E-state index in [2.05, 4.69) is 4.98 Å². The molecule has 0 aliphatic carbocycles. The normalized spacial score (nSPS) is 13.4. The van der Waals surface area contributed by atoms with Gasteiger partial charge >= 0.3 is 11.9 Å². The van der Waals surface area contributed by atoms with E-state index in [-0.39, 0.29) is 0 Å². The summed E-state index contributed by atoms with van der Waals surface area (Å²) in [6.07, 6.45) is 2.53. The van der Waals surface area contributed by atoms with Crippen molar-refractivity contribution >= 4 is 11.9 Å². The molecule has 88 valence electrons. The molecule has 1 unspecified atom stereocenters. The number of aromatic nitrogens is 2. The Bertz CT molecular complexity index is 419. The highest BCUT2D eigenvalue weighted by Gasteiger charge is 2.38. The van der Waals surface area contributed by atoms with Gasteiger partial charge in [-0.25, -0.2) is 9.36 Å². The predicted octanol–water partition coefficient (Wildman–Crippen LogP) is 1.46. The van der Waals surface area contributed by atoms with Crippen LogP contribution in [0.1, 0.15) is 26.8 Å². The highest BCUT2D eigenvalue weighted by Crippen LogP contribution is 2.33. The second-order valence-corrected chi connectivity index (χ2v) is 4.50. The molecule has 1 aromatic rings. The van der Waals surface area contributed by atoms with Crippen LogP contribution < -0.4 is 0 Å². The number of hydrogen-bond acceptors (Lipinski definition) is 4. The van der Waals surface area contributed by atoms with Gasteiger partial charge < -0.3 is 15.2 Å². The van der Waals surface area contributed by atoms with E-state index in [0.717, 1.165) is 4.57 Å². The largest absolute Gasteiger partial charge is 0.479 e. The first-order valence-electron chi connectivity index (χ1n) is 4.65. The fourth-order valence-corrected chi connectivity index (χ4v) is 1.55. The molecular weight excluding hydrogens is 214 g/mol. The van der Waals surface area contributed by atoms with Crippen LogP contribution in [0.5, 0.6) is 0 Å². The Hall–Kier alpha value is -1.92. The van der Waals surface area contributed by atoms with Crippen molar-refractivity contribution < 1.29 is 14.8 Å². The Labute approximate surface area is 91.9 Å². The van der Waals surface area contributed by atoms with Crippen molar-refractivity contribution in [2.75, 3.05) is 0 Å². The molecule has 0 aliphatic rings. The highest BCUT2D eigenvalue weighted by molar-refractivity contribution is 5.73. The van der Waals surface area contributed by atoms with E-state index in [0.29, 0.717) is 0 Å². The van der Waals surface area contributed by atoms with Crippen molar-refractivity contribution in [1.82, 2.24) is 9.55 Å². The second kappa shape index (κ2) is 3.92. The molecule has 0 aromatic carbocycles. The van der Waals surface area contributed by atoms with Gasteiger partial charge in [-0.3, -0.25) is 0 Å². The fourth-order valence-electron chi connectivity index (χ4n) is 1.55. The molecule has 0 radical (unpaired) electrons. The number of carboxylic acid groups (broad SMARTS) is 1. The van der Waals surface area contributed by atoms with Gasteiger partial charge in [0.2, 0.25) is 0 Å². The number of hydrogen-bond donors (Lipinski definition) is 1. The summed E-state index contributed by atoms with van der Waals surface area (Å²) in [6, 6.07) is -1.02. The summed E-state index contributed by atoms with van der Waals surface area (Å²) in [6.45, 7) is 5.11. The van der Waals surface area contributed by atoms with Crippen LogP contribution in [0.15, 0.2) is 12.4 Å². The van der Waals surface area contributed by atoms with Gasteiger partial charge in [0.25, 0.3) is 0 Å². The van der Waals surface area contributed by atoms with E-state index >= 15 is 0 Å². The Morgan fingerprint density at radius 3 is 2.56 bits per heavy atom. The number of carbonyl (C=O) groups is 1. The van der Waals surface area contributed by atoms with Crippen LogP contribution in [-0.2, 0) is 4.79 Å². The number of nitro groups is 1. The quantitative estimate of drug-likeness (QED) is 0.622. The van der Waals surface area contributed by atoms with Crippen LogP contribution >= 0.6 is 0 Å². The summed E-state index contributed by atoms with van der Waals surface area (Å²) >= 11 is 0. The van der Waals surface area contributed by atoms with Crippen molar-refractivity contribution in [3.05, 3.63) is 22.5 Å². The van der Waals surface area contributed by atoms with Crippen molar-refractivity contribution in [1.29, 1.82) is 0 Å². The Balaban J connectivity index is 3.28. The summed E-state index contributed by atoms with van der Waals surface area (Å²) < 4.78 is 1.07. The number of rotatable bonds is 3. The van der Waals surface area contributed by atoms with E-state index in [9.17, 15) is 14.9 Å². The second-order valence-electron chi connectivity index (χ2n) is 4.50. The minimum absolute atomic E-state index is 0.456. The predicted molar refractivity (Wildman–Crippen MR) is 55.0 cm³/mol. The molecule has 1 heterocycles. The van der Waals surface area contributed by atoms with Crippen LogP contribution in [0.2, 0.25) is 0 Å². The molecule has 7 heteroatoms. The van der Waals surface area contributed by atoms with Crippen LogP contribution in [0.25, 0.3) is 0 Å². The maximum Gasteiger partial charge on any atom is 0.435 e. The molecular formula is C9H13N3O4. The molecule has 0 fully saturated rings. The molecule has 7 nitrogen and oxygen atoms in total. The van der Waals surface area contributed by atoms with Gasteiger partial charge in [0.05, 0.1) is 0 Å². The molecule has 1 atom stereocenters. The summed E-state index contributed by atoms with van der Waals surface area (Å²) in [5, 5.41) is 19.8. The Morgan fingerprint density at radius 1 is 1.62 bits per heavy atom. The zero-order chi connectivity index (χ0) is 12.5. The number of carboxylic acids is 1. The molecule has 16 heavy (non-hydrogen) atoms. The highest BCUT2D eigenvalue weighted by atomic mass is 16.6. The summed E-state index contributed by atoms with van der Waals surface area (Å²) in [5.74, 6) is -1.57. The first-order chi connectivity index (χ1) is 7.25. The van der Waals surface area contributed by atoms with E-state index in [4.69, 9.17) is 5.11 Å². The lowest BCUT2D eigenvalue weighted by atomic mass is 9.86. The molecule has 0 bridgehead atoms. The maximum absolute atomic E-state index is 11.1. The zero-order valence-electron chi connectivity index (χ0n) is 9.25. The first-order valence-corrected chi connectivity index (χ1v) is 4.65. The summed E-state index contributed by atoms with van der Waals surface area (Å²) in [7, 11) is 0. The summed E-state index contributed by atoms with van der Waals surface area (Å²) in [5.41, 5.74) is -0.642. The molecule has 0 saturated heterocycles. The van der Waals surface area contributed by atoms with Crippen LogP contribution in [0, 0.1) is 15.5 Å². The monoisotopic (exact) mass is 227 g/mol. The lowest BCUT2D eigenvalue weighted by Crippen LogP contribution is -2.31. The minimum Gasteiger partial charge on any atom is -0.479 e. The SMILES string of the molecule is CC(C)(C)C(C(=O)O)n1ccnc1[N+](=O)[O-]. The van der Waals surface area contributed by atoms with Gasteiger partial charge in [-0.2, -0.15) is 0 Å². The molecule has 0 spiro atoms. The zero-order valence-corrected chi connectivity index (χ0v) is 9.25. The third-order valence-electron chi connectivity index (χ3n) is 2.14. The Kier molecular flexibility index (Phi) is 2.97. The molecule has 0 aliphatic heterocycles. The van der Waals surface area contributed by atoms with Gasteiger partial charge in [-0.15, -0.1) is 0 Å². The fraction of sp³-hybridized carbons (Fsp3) is 0.556. The molecule has 0 amide bonds. The molecule has 1 N–H and O–H groups in total. The van der Waals surface area contributed by atoms with E-state index in [1.54, 1.807) is 20.8 Å². The number of nitrogens with zero attached hydrogens (tertiary/aromatic N) is 3. The van der Waals surface area contributed by atoms with Crippen LogP contribution in [0.4, 0.5) is 5.95 Å². The average Bonchev–Trinajstić information content (AvgIpc) is 2.48. The van der Waals surface area contributed by atoms with Gasteiger partial charge in [0, 0.05) is 5.41 Å². The lowest BCUT2D eigenvalue weighted by molar-refractivity contribution is -0.397. The number of imidazole rings is 1. The third kappa shape index (κ3) is 2.18. The van der Waals surface area contributed by atoms with Gasteiger partial charge in [0.1, 0.15) is 12.4 Å². The smallest absolute Gasteiger partial charge is 0.435 e. The maximum atomic E-state index is 11.1. The molecule has 1 aromatic heterocycles. The van der Waals surface area contributed by atoms with Crippen LogP contribution in [-0.4, -0.2) is 25.6 Å². The Morgan fingerprint density at radius 2 is 2.19 bits per heavy atom. The number of aliphatic carboxylic acids is 1. The standard InChI is InChI=1S/C9H13N3O4/c1-9(2,3)6(7(13)14)11-5-4-10-8(11)12(15)16/h4-6H,1-3H3,(H,13,14). The lowest BCUT2D eigenvalue weighted by Gasteiger charge is -2.25. The first kappa shape index (κ1) is 12.2. The van der Waals surface area contributed by atoms with Crippen molar-refractivity contribution in [2.24, 2.45) is 5.41 Å². The van der Waals surface area contributed by atoms with E-state index in [1.165, 1.54) is 12.4 Å². The van der Waals surface area contributed by atoms with Gasteiger partial charge in [0.15, 0.2) is 6.04 Å². The minimum atomic E-state index is -1.12. The van der Waals surface area contributed by atoms with Crippen molar-refractivity contribution in [3.63, 3.8) is 0 Å². The van der Waals surface area contributed by atoms with Crippen LogP contribution in [0.3, 0.4) is 0 Å². The topological polar surface area (TPSA) is 98.3 Å². The van der Waals surface area contributed by atoms with E-state index < -0.39 is 28.3 Å².